The molecule has 154 valence electrons. The van der Waals surface area contributed by atoms with Gasteiger partial charge in [-0.2, -0.15) is 0 Å². The highest BCUT2D eigenvalue weighted by Crippen LogP contribution is 2.37. The fourth-order valence-corrected chi connectivity index (χ4v) is 3.46. The Hall–Kier alpha value is -3.60. The number of hydrogen-bond acceptors (Lipinski definition) is 4. The van der Waals surface area contributed by atoms with Crippen molar-refractivity contribution < 1.29 is 19.1 Å². The number of carbonyl (C=O) groups excluding carboxylic acids is 2. The van der Waals surface area contributed by atoms with Gasteiger partial charge in [0.15, 0.2) is 0 Å². The van der Waals surface area contributed by atoms with Crippen molar-refractivity contribution in [3.05, 3.63) is 89.1 Å². The summed E-state index contributed by atoms with van der Waals surface area (Å²) in [6, 6.07) is 15.1. The molecule has 5 heteroatoms. The Balaban J connectivity index is 1.90. The minimum absolute atomic E-state index is 0.00772. The van der Waals surface area contributed by atoms with Gasteiger partial charge in [-0.25, -0.2) is 4.79 Å². The van der Waals surface area contributed by atoms with Crippen molar-refractivity contribution in [1.29, 1.82) is 0 Å². The number of ketones is 1. The van der Waals surface area contributed by atoms with Gasteiger partial charge < -0.3 is 9.47 Å². The van der Waals surface area contributed by atoms with Crippen LogP contribution >= 0.6 is 0 Å². The Kier molecular flexibility index (Phi) is 6.86. The Morgan fingerprint density at radius 1 is 1.00 bits per heavy atom. The minimum atomic E-state index is -0.495. The Bertz CT molecular complexity index is 1000. The number of nitrogens with zero attached hydrogens (tertiary/aromatic N) is 1. The average Bonchev–Trinajstić information content (AvgIpc) is 2.76. The van der Waals surface area contributed by atoms with Gasteiger partial charge >= 0.3 is 6.09 Å². The summed E-state index contributed by atoms with van der Waals surface area (Å²) in [5, 5.41) is 0. The zero-order chi connectivity index (χ0) is 21.5. The van der Waals surface area contributed by atoms with E-state index in [-0.39, 0.29) is 12.2 Å². The quantitative estimate of drug-likeness (QED) is 0.606. The van der Waals surface area contributed by atoms with Crippen LogP contribution in [0.1, 0.15) is 36.1 Å². The molecule has 0 fully saturated rings. The number of methoxy groups -OCH3 is 2. The topological polar surface area (TPSA) is 55.8 Å². The highest BCUT2D eigenvalue weighted by Gasteiger charge is 2.33. The van der Waals surface area contributed by atoms with E-state index in [1.165, 1.54) is 14.0 Å². The summed E-state index contributed by atoms with van der Waals surface area (Å²) in [4.78, 5) is 26.0. The van der Waals surface area contributed by atoms with Gasteiger partial charge in [0.2, 0.25) is 0 Å². The largest absolute Gasteiger partial charge is 0.497 e. The molecule has 1 aliphatic rings. The average molecular weight is 403 g/mol. The molecule has 0 spiro atoms. The first-order valence-corrected chi connectivity index (χ1v) is 9.69. The van der Waals surface area contributed by atoms with Crippen molar-refractivity contribution in [2.24, 2.45) is 0 Å². The normalized spacial score (nSPS) is 15.8. The van der Waals surface area contributed by atoms with Gasteiger partial charge in [0, 0.05) is 12.1 Å². The molecule has 0 bridgehead atoms. The van der Waals surface area contributed by atoms with E-state index in [4.69, 9.17) is 9.47 Å². The molecule has 1 heterocycles. The SMILES string of the molecule is COC(=O)N1C(C=CC=Cc2ccc(OC)cc2)=Cc2ccccc2C1CC(C)=O. The summed E-state index contributed by atoms with van der Waals surface area (Å²) in [5.41, 5.74) is 3.63. The van der Waals surface area contributed by atoms with Crippen LogP contribution < -0.4 is 4.74 Å². The molecular formula is C25H25NO4. The van der Waals surface area contributed by atoms with E-state index in [1.807, 2.05) is 78.9 Å². The van der Waals surface area contributed by atoms with E-state index < -0.39 is 12.1 Å². The lowest BCUT2D eigenvalue weighted by Gasteiger charge is -2.35. The summed E-state index contributed by atoms with van der Waals surface area (Å²) in [5.74, 6) is 0.812. The fourth-order valence-electron chi connectivity index (χ4n) is 3.46. The minimum Gasteiger partial charge on any atom is -0.497 e. The number of rotatable bonds is 6. The van der Waals surface area contributed by atoms with Crippen LogP contribution in [-0.4, -0.2) is 31.0 Å². The van der Waals surface area contributed by atoms with Crippen molar-refractivity contribution >= 4 is 24.0 Å². The third kappa shape index (κ3) is 4.87. The zero-order valence-electron chi connectivity index (χ0n) is 17.4. The molecule has 0 saturated carbocycles. The van der Waals surface area contributed by atoms with Gasteiger partial charge in [-0.3, -0.25) is 9.69 Å². The Labute approximate surface area is 176 Å². The molecule has 1 aliphatic heterocycles. The molecule has 3 rings (SSSR count). The molecule has 1 unspecified atom stereocenters. The van der Waals surface area contributed by atoms with Crippen molar-refractivity contribution in [1.82, 2.24) is 4.90 Å². The van der Waals surface area contributed by atoms with Crippen molar-refractivity contribution in [2.75, 3.05) is 14.2 Å². The molecule has 1 amide bonds. The van der Waals surface area contributed by atoms with Crippen LogP contribution in [0.15, 0.2) is 72.5 Å². The van der Waals surface area contributed by atoms with Crippen molar-refractivity contribution in [3.8, 4) is 5.75 Å². The van der Waals surface area contributed by atoms with E-state index in [0.29, 0.717) is 5.70 Å². The van der Waals surface area contributed by atoms with E-state index >= 15 is 0 Å². The lowest BCUT2D eigenvalue weighted by atomic mass is 9.91. The second-order valence-corrected chi connectivity index (χ2v) is 6.95. The maximum atomic E-state index is 12.6. The molecule has 5 nitrogen and oxygen atoms in total. The Morgan fingerprint density at radius 3 is 2.37 bits per heavy atom. The molecule has 0 radical (unpaired) electrons. The number of Topliss-reactive ketones (excluding diaryl/α,β-unsaturated/α-hetero) is 1. The van der Waals surface area contributed by atoms with Crippen LogP contribution in [-0.2, 0) is 9.53 Å². The first-order valence-electron chi connectivity index (χ1n) is 9.69. The smallest absolute Gasteiger partial charge is 0.414 e. The van der Waals surface area contributed by atoms with Gasteiger partial charge in [0.05, 0.1) is 20.3 Å². The van der Waals surface area contributed by atoms with Crippen LogP contribution in [0.3, 0.4) is 0 Å². The van der Waals surface area contributed by atoms with Crippen LogP contribution in [0.5, 0.6) is 5.75 Å². The van der Waals surface area contributed by atoms with Crippen molar-refractivity contribution in [2.45, 2.75) is 19.4 Å². The number of allylic oxidation sites excluding steroid dienone is 3. The van der Waals surface area contributed by atoms with E-state index in [0.717, 1.165) is 22.4 Å². The second kappa shape index (κ2) is 9.74. The van der Waals surface area contributed by atoms with E-state index in [1.54, 1.807) is 12.0 Å². The predicted octanol–water partition coefficient (Wildman–Crippen LogP) is 5.41. The molecule has 0 saturated heterocycles. The van der Waals surface area contributed by atoms with Gasteiger partial charge in [-0.05, 0) is 47.9 Å². The molecule has 0 aromatic heterocycles. The molecule has 2 aromatic carbocycles. The summed E-state index contributed by atoms with van der Waals surface area (Å²) < 4.78 is 10.2. The molecular weight excluding hydrogens is 378 g/mol. The lowest BCUT2D eigenvalue weighted by Crippen LogP contribution is -2.36. The highest BCUT2D eigenvalue weighted by atomic mass is 16.5. The summed E-state index contributed by atoms with van der Waals surface area (Å²) in [7, 11) is 2.98. The number of hydrogen-bond donors (Lipinski definition) is 0. The monoisotopic (exact) mass is 403 g/mol. The third-order valence-electron chi connectivity index (χ3n) is 4.88. The zero-order valence-corrected chi connectivity index (χ0v) is 17.4. The third-order valence-corrected chi connectivity index (χ3v) is 4.88. The molecule has 2 aromatic rings. The van der Waals surface area contributed by atoms with Crippen LogP contribution in [0.25, 0.3) is 12.2 Å². The van der Waals surface area contributed by atoms with Crippen molar-refractivity contribution in [3.63, 3.8) is 0 Å². The first-order chi connectivity index (χ1) is 14.5. The number of carbonyl (C=O) groups is 2. The maximum Gasteiger partial charge on any atom is 0.414 e. The van der Waals surface area contributed by atoms with Gasteiger partial charge in [0.25, 0.3) is 0 Å². The summed E-state index contributed by atoms with van der Waals surface area (Å²) >= 11 is 0. The molecule has 1 atom stereocenters. The number of benzene rings is 2. The van der Waals surface area contributed by atoms with Gasteiger partial charge in [-0.15, -0.1) is 0 Å². The lowest BCUT2D eigenvalue weighted by molar-refractivity contribution is -0.118. The number of ether oxygens (including phenoxy) is 2. The predicted molar refractivity (Wildman–Crippen MR) is 118 cm³/mol. The second-order valence-electron chi connectivity index (χ2n) is 6.95. The van der Waals surface area contributed by atoms with Gasteiger partial charge in [-0.1, -0.05) is 54.6 Å². The number of fused-ring (bicyclic) bond motifs is 1. The van der Waals surface area contributed by atoms with E-state index in [9.17, 15) is 9.59 Å². The number of amides is 1. The van der Waals surface area contributed by atoms with Gasteiger partial charge in [0.1, 0.15) is 11.5 Å². The highest BCUT2D eigenvalue weighted by molar-refractivity contribution is 5.81. The summed E-state index contributed by atoms with van der Waals surface area (Å²) in [6.45, 7) is 1.53. The summed E-state index contributed by atoms with van der Waals surface area (Å²) in [6.07, 6.45) is 9.23. The Morgan fingerprint density at radius 2 is 1.70 bits per heavy atom. The standard InChI is InChI=1S/C25H25NO4/c1-18(27)16-24-23-11-7-5-9-20(23)17-21(26(24)25(28)30-3)10-6-4-8-19-12-14-22(29-2)15-13-19/h4-15,17,24H,16H2,1-3H3. The molecule has 0 N–H and O–H groups in total. The van der Waals surface area contributed by atoms with Crippen LogP contribution in [0.4, 0.5) is 4.79 Å². The fraction of sp³-hybridized carbons (Fsp3) is 0.200. The molecule has 30 heavy (non-hydrogen) atoms. The maximum absolute atomic E-state index is 12.6. The first kappa shape index (κ1) is 21.1. The molecule has 0 aliphatic carbocycles. The van der Waals surface area contributed by atoms with Crippen LogP contribution in [0, 0.1) is 0 Å². The van der Waals surface area contributed by atoms with Crippen LogP contribution in [0.2, 0.25) is 0 Å². The van der Waals surface area contributed by atoms with E-state index in [2.05, 4.69) is 0 Å².